The van der Waals surface area contributed by atoms with Crippen molar-refractivity contribution >= 4 is 51.7 Å². The zero-order chi connectivity index (χ0) is 53.3. The van der Waals surface area contributed by atoms with Gasteiger partial charge in [0.1, 0.15) is 18.3 Å². The molecule has 0 aromatic heterocycles. The number of aliphatic hydroxyl groups is 3. The van der Waals surface area contributed by atoms with E-state index in [1.54, 1.807) is 71.0 Å². The Labute approximate surface area is 430 Å². The Bertz CT molecular complexity index is 2220. The number of carbonyl (C=O) groups excluding carboxylic acids is 6. The SMILES string of the molecule is CCCC(=O)O[C@H]1/C(=C/C(=O)OC)C[C@H]2C[C@H]([C@@H](C)OC(=O)c3cccc(Br)c3)OC(=O)C[C@H](O)C[C@@H]3C[C@H](OC(=O)CC(C)C)C(C)(C)[C@](O)(C[C@@H]4C/C(=C/C(=O)OC)C[C@H](/C=C\C(C)(C)[C@]1(O)O2)O4)O3. The average Bonchev–Trinajstić information content (AvgIpc) is 3.27. The largest absolute Gasteiger partial charge is 0.466 e. The van der Waals surface area contributed by atoms with Gasteiger partial charge in [0.25, 0.3) is 0 Å². The van der Waals surface area contributed by atoms with Crippen LogP contribution in [0.15, 0.2) is 64.2 Å². The minimum absolute atomic E-state index is 0.0308. The van der Waals surface area contributed by atoms with Gasteiger partial charge in [-0.2, -0.15) is 0 Å². The number of ether oxygens (including phenoxy) is 9. The summed E-state index contributed by atoms with van der Waals surface area (Å²) in [5, 5.41) is 37.5. The van der Waals surface area contributed by atoms with Crippen molar-refractivity contribution in [1.82, 2.24) is 0 Å². The molecule has 72 heavy (non-hydrogen) atoms. The minimum Gasteiger partial charge on any atom is -0.466 e. The number of aliphatic hydroxyl groups excluding tert-OH is 1. The summed E-state index contributed by atoms with van der Waals surface area (Å²) in [5.41, 5.74) is -1.93. The van der Waals surface area contributed by atoms with Crippen LogP contribution in [0.3, 0.4) is 0 Å². The maximum absolute atomic E-state index is 14.0. The number of methoxy groups -OCH3 is 2. The van der Waals surface area contributed by atoms with Crippen LogP contribution in [0, 0.1) is 16.7 Å². The van der Waals surface area contributed by atoms with E-state index in [1.807, 2.05) is 13.8 Å². The fraction of sp³-hybridized carbons (Fsp3) is 0.660. The van der Waals surface area contributed by atoms with E-state index in [0.717, 1.165) is 13.2 Å². The number of esters is 6. The molecule has 3 saturated heterocycles. The summed E-state index contributed by atoms with van der Waals surface area (Å²) in [5.74, 6) is -8.91. The molecule has 0 spiro atoms. The zero-order valence-electron chi connectivity index (χ0n) is 43.0. The third-order valence-corrected chi connectivity index (χ3v) is 14.3. The van der Waals surface area contributed by atoms with Crippen LogP contribution in [0.1, 0.15) is 136 Å². The van der Waals surface area contributed by atoms with E-state index in [1.165, 1.54) is 20.1 Å². The molecule has 0 saturated carbocycles. The normalized spacial score (nSPS) is 32.8. The van der Waals surface area contributed by atoms with Crippen molar-refractivity contribution in [1.29, 1.82) is 0 Å². The lowest BCUT2D eigenvalue weighted by molar-refractivity contribution is -0.349. The van der Waals surface area contributed by atoms with Crippen LogP contribution in [0.5, 0.6) is 0 Å². The molecule has 1 aromatic rings. The molecule has 18 nitrogen and oxygen atoms in total. The molecule has 5 rings (SSSR count). The number of hydrogen-bond acceptors (Lipinski definition) is 18. The lowest BCUT2D eigenvalue weighted by Gasteiger charge is -2.54. The maximum Gasteiger partial charge on any atom is 0.338 e. The average molecular weight is 1080 g/mol. The monoisotopic (exact) mass is 1080 g/mol. The predicted octanol–water partition coefficient (Wildman–Crippen LogP) is 6.82. The summed E-state index contributed by atoms with van der Waals surface area (Å²) >= 11 is 3.36. The van der Waals surface area contributed by atoms with Crippen LogP contribution in [0.2, 0.25) is 0 Å². The van der Waals surface area contributed by atoms with Gasteiger partial charge in [-0.1, -0.05) is 88.2 Å². The molecule has 0 unspecified atom stereocenters. The van der Waals surface area contributed by atoms with E-state index >= 15 is 0 Å². The third kappa shape index (κ3) is 14.8. The van der Waals surface area contributed by atoms with Gasteiger partial charge in [-0.15, -0.1) is 0 Å². The Morgan fingerprint density at radius 1 is 0.861 bits per heavy atom. The summed E-state index contributed by atoms with van der Waals surface area (Å²) in [4.78, 5) is 80.0. The molecule has 0 amide bonds. The van der Waals surface area contributed by atoms with Crippen LogP contribution in [-0.4, -0.2) is 132 Å². The van der Waals surface area contributed by atoms with Gasteiger partial charge in [0, 0.05) is 60.6 Å². The number of benzene rings is 1. The van der Waals surface area contributed by atoms with Gasteiger partial charge in [-0.05, 0) is 62.3 Å². The fourth-order valence-corrected chi connectivity index (χ4v) is 10.00. The standard InChI is InChI=1S/C53H73BrO18/c1-11-13-43(56)70-48-34(24-45(58)65-10)23-38-27-41(31(4)66-49(61)33-14-12-15-35(54)22-33)68-47(60)26-36(55)25-39-28-42(69-46(59)18-30(2)3)51(7,8)52(62,71-39)29-40-20-32(21-44(57)64-9)19-37(67-40)16-17-50(5,6)53(48,63)72-38/h12,14-17,21-22,24,30-31,36-42,48,55,62-63H,11,13,18-20,23,25-29H2,1-10H3/b17-16-,32-21+,34-24+/t31-,36-,37+,38+,39-,40+,41-,42+,48+,52+,53-/m1/s1. The predicted molar refractivity (Wildman–Crippen MR) is 261 cm³/mol. The number of cyclic esters (lactones) is 1. The second kappa shape index (κ2) is 24.7. The van der Waals surface area contributed by atoms with Gasteiger partial charge in [-0.25, -0.2) is 14.4 Å². The molecule has 3 N–H and O–H groups in total. The highest BCUT2D eigenvalue weighted by Gasteiger charge is 2.60. The van der Waals surface area contributed by atoms with Crippen molar-refractivity contribution in [3.05, 3.63) is 69.8 Å². The molecular formula is C53H73BrO18. The number of hydrogen-bond donors (Lipinski definition) is 3. The molecule has 6 bridgehead atoms. The number of carbonyl (C=O) groups is 6. The van der Waals surface area contributed by atoms with Gasteiger partial charge in [0.15, 0.2) is 11.9 Å². The van der Waals surface area contributed by atoms with Crippen molar-refractivity contribution in [3.63, 3.8) is 0 Å². The Hall–Kier alpha value is -4.50. The van der Waals surface area contributed by atoms with Crippen molar-refractivity contribution in [2.24, 2.45) is 16.7 Å². The fourth-order valence-electron chi connectivity index (χ4n) is 9.60. The van der Waals surface area contributed by atoms with E-state index in [4.69, 9.17) is 42.6 Å². The van der Waals surface area contributed by atoms with E-state index in [2.05, 4.69) is 15.9 Å². The molecule has 11 atom stereocenters. The van der Waals surface area contributed by atoms with Crippen LogP contribution in [-0.2, 0) is 66.6 Å². The highest BCUT2D eigenvalue weighted by Crippen LogP contribution is 2.50. The Balaban J connectivity index is 1.66. The molecule has 4 aliphatic heterocycles. The highest BCUT2D eigenvalue weighted by atomic mass is 79.9. The lowest BCUT2D eigenvalue weighted by Crippen LogP contribution is -2.62. The second-order valence-electron chi connectivity index (χ2n) is 20.9. The lowest BCUT2D eigenvalue weighted by atomic mass is 9.70. The maximum atomic E-state index is 14.0. The summed E-state index contributed by atoms with van der Waals surface area (Å²) in [7, 11) is 2.41. The minimum atomic E-state index is -2.48. The summed E-state index contributed by atoms with van der Waals surface area (Å²) in [6, 6.07) is 6.46. The molecule has 3 fully saturated rings. The molecular weight excluding hydrogens is 1000 g/mol. The van der Waals surface area contributed by atoms with Crippen molar-refractivity contribution in [3.8, 4) is 0 Å². The van der Waals surface area contributed by atoms with Gasteiger partial charge in [-0.3, -0.25) is 14.4 Å². The Morgan fingerprint density at radius 2 is 1.56 bits per heavy atom. The van der Waals surface area contributed by atoms with Crippen LogP contribution in [0.4, 0.5) is 0 Å². The van der Waals surface area contributed by atoms with Gasteiger partial charge >= 0.3 is 35.8 Å². The van der Waals surface area contributed by atoms with Crippen molar-refractivity contribution in [2.75, 3.05) is 14.2 Å². The van der Waals surface area contributed by atoms with Gasteiger partial charge in [0.05, 0.1) is 62.1 Å². The number of fused-ring (bicyclic) bond motifs is 6. The Morgan fingerprint density at radius 3 is 2.21 bits per heavy atom. The second-order valence-corrected chi connectivity index (χ2v) is 21.8. The van der Waals surface area contributed by atoms with Gasteiger partial charge < -0.3 is 58.0 Å². The highest BCUT2D eigenvalue weighted by molar-refractivity contribution is 9.10. The first-order valence-electron chi connectivity index (χ1n) is 24.6. The first-order valence-corrected chi connectivity index (χ1v) is 25.4. The third-order valence-electron chi connectivity index (χ3n) is 13.8. The van der Waals surface area contributed by atoms with Crippen LogP contribution >= 0.6 is 15.9 Å². The summed E-state index contributed by atoms with van der Waals surface area (Å²) < 4.78 is 54.4. The van der Waals surface area contributed by atoms with E-state index in [-0.39, 0.29) is 74.8 Å². The molecule has 4 heterocycles. The van der Waals surface area contributed by atoms with E-state index in [9.17, 15) is 44.1 Å². The molecule has 0 aliphatic carbocycles. The molecule has 400 valence electrons. The van der Waals surface area contributed by atoms with Gasteiger partial charge in [0.2, 0.25) is 5.79 Å². The molecule has 19 heteroatoms. The summed E-state index contributed by atoms with van der Waals surface area (Å²) in [6.45, 7) is 13.6. The smallest absolute Gasteiger partial charge is 0.338 e. The number of halogens is 1. The topological polar surface area (TPSA) is 246 Å². The quantitative estimate of drug-likeness (QED) is 0.0890. The van der Waals surface area contributed by atoms with Crippen molar-refractivity contribution < 1.29 is 86.7 Å². The zero-order valence-corrected chi connectivity index (χ0v) is 44.6. The molecule has 0 radical (unpaired) electrons. The number of rotatable bonds is 11. The van der Waals surface area contributed by atoms with E-state index in [0.29, 0.717) is 16.5 Å². The first kappa shape index (κ1) is 58.4. The molecule has 4 aliphatic rings. The van der Waals surface area contributed by atoms with E-state index < -0.39 is 120 Å². The first-order chi connectivity index (χ1) is 33.7. The summed E-state index contributed by atoms with van der Waals surface area (Å²) in [6.07, 6.45) is -5.19. The van der Waals surface area contributed by atoms with Crippen LogP contribution < -0.4 is 0 Å². The molecule has 1 aromatic carbocycles. The van der Waals surface area contributed by atoms with Crippen LogP contribution in [0.25, 0.3) is 0 Å². The van der Waals surface area contributed by atoms with Crippen molar-refractivity contribution in [2.45, 2.75) is 193 Å². The Kier molecular flexibility index (Phi) is 20.0.